The number of nitrogens with zero attached hydrogens (tertiary/aromatic N) is 1. The van der Waals surface area contributed by atoms with E-state index in [1.165, 1.54) is 23.3 Å². The van der Waals surface area contributed by atoms with Gasteiger partial charge in [-0.05, 0) is 32.9 Å². The van der Waals surface area contributed by atoms with Crippen molar-refractivity contribution in [2.45, 2.75) is 26.4 Å². The molecule has 0 saturated carbocycles. The molecule has 118 valence electrons. The number of benzene rings is 1. The molecule has 1 aromatic carbocycles. The van der Waals surface area contributed by atoms with Crippen LogP contribution in [0.3, 0.4) is 0 Å². The van der Waals surface area contributed by atoms with Gasteiger partial charge in [-0.3, -0.25) is 4.90 Å². The second-order valence-electron chi connectivity index (χ2n) is 5.89. The van der Waals surface area contributed by atoms with Crippen LogP contribution < -0.4 is 0 Å². The Morgan fingerprint density at radius 1 is 1.32 bits per heavy atom. The van der Waals surface area contributed by atoms with Gasteiger partial charge in [0.2, 0.25) is 0 Å². The van der Waals surface area contributed by atoms with Crippen LogP contribution in [0.15, 0.2) is 30.5 Å². The molecule has 6 nitrogen and oxygen atoms in total. The molecule has 1 aliphatic heterocycles. The lowest BCUT2D eigenvalue weighted by molar-refractivity contribution is 0.0296. The van der Waals surface area contributed by atoms with Crippen LogP contribution >= 0.6 is 0 Å². The van der Waals surface area contributed by atoms with E-state index < -0.39 is 17.7 Å². The summed E-state index contributed by atoms with van der Waals surface area (Å²) in [6.07, 6.45) is 0.969. The molecule has 22 heavy (non-hydrogen) atoms. The molecule has 6 heteroatoms. The van der Waals surface area contributed by atoms with Crippen molar-refractivity contribution in [3.05, 3.63) is 41.7 Å². The summed E-state index contributed by atoms with van der Waals surface area (Å²) in [6, 6.07) is 6.35. The summed E-state index contributed by atoms with van der Waals surface area (Å²) in [5.74, 6) is -1.03. The summed E-state index contributed by atoms with van der Waals surface area (Å²) in [4.78, 5) is 24.8. The van der Waals surface area contributed by atoms with Gasteiger partial charge in [0.05, 0.1) is 17.8 Å². The van der Waals surface area contributed by atoms with E-state index in [0.717, 1.165) is 0 Å². The van der Waals surface area contributed by atoms with Crippen molar-refractivity contribution in [1.82, 2.24) is 4.90 Å². The van der Waals surface area contributed by atoms with Crippen LogP contribution in [0.25, 0.3) is 5.70 Å². The maximum Gasteiger partial charge on any atom is 0.415 e. The van der Waals surface area contributed by atoms with Crippen LogP contribution in [0.1, 0.15) is 36.7 Å². The topological polar surface area (TPSA) is 76.1 Å². The van der Waals surface area contributed by atoms with E-state index in [2.05, 4.69) is 0 Å². The molecule has 2 rings (SSSR count). The Hall–Kier alpha value is -2.50. The van der Waals surface area contributed by atoms with Crippen LogP contribution in [0.4, 0.5) is 4.79 Å². The van der Waals surface area contributed by atoms with Crippen LogP contribution in [-0.2, 0) is 9.47 Å². The van der Waals surface area contributed by atoms with Gasteiger partial charge in [-0.25, -0.2) is 9.59 Å². The first-order valence-electron chi connectivity index (χ1n) is 6.94. The number of hydrogen-bond donors (Lipinski definition) is 1. The zero-order valence-corrected chi connectivity index (χ0v) is 12.8. The molecule has 1 aromatic rings. The lowest BCUT2D eigenvalue weighted by atomic mass is 10.1. The quantitative estimate of drug-likeness (QED) is 0.909. The Morgan fingerprint density at radius 3 is 2.68 bits per heavy atom. The number of carboxylic acid groups (broad SMARTS) is 1. The van der Waals surface area contributed by atoms with Gasteiger partial charge in [0.1, 0.15) is 18.5 Å². The molecule has 0 atom stereocenters. The molecule has 1 heterocycles. The number of ether oxygens (including phenoxy) is 2. The summed E-state index contributed by atoms with van der Waals surface area (Å²) < 4.78 is 10.7. The van der Waals surface area contributed by atoms with Gasteiger partial charge < -0.3 is 14.6 Å². The molecule has 1 N–H and O–H groups in total. The fraction of sp³-hybridized carbons (Fsp3) is 0.375. The Labute approximate surface area is 128 Å². The minimum atomic E-state index is -1.03. The third-order valence-electron chi connectivity index (χ3n) is 2.94. The summed E-state index contributed by atoms with van der Waals surface area (Å²) >= 11 is 0. The molecule has 0 aliphatic carbocycles. The molecule has 1 amide bonds. The van der Waals surface area contributed by atoms with Crippen molar-refractivity contribution in [3.63, 3.8) is 0 Å². The molecule has 0 spiro atoms. The Kier molecular flexibility index (Phi) is 4.40. The summed E-state index contributed by atoms with van der Waals surface area (Å²) in [7, 11) is 0. The van der Waals surface area contributed by atoms with Crippen molar-refractivity contribution >= 4 is 17.8 Å². The molecule has 0 aromatic heterocycles. The number of aromatic carboxylic acids is 1. The van der Waals surface area contributed by atoms with E-state index in [0.29, 0.717) is 24.4 Å². The highest BCUT2D eigenvalue weighted by atomic mass is 16.6. The number of rotatable bonds is 2. The number of hydrogen-bond acceptors (Lipinski definition) is 4. The Morgan fingerprint density at radius 2 is 2.05 bits per heavy atom. The minimum Gasteiger partial charge on any atom is -0.497 e. The average molecular weight is 305 g/mol. The van der Waals surface area contributed by atoms with Gasteiger partial charge in [-0.15, -0.1) is 0 Å². The van der Waals surface area contributed by atoms with E-state index in [1.807, 2.05) is 0 Å². The standard InChI is InChI=1S/C16H19NO5/c1-16(2,3)22-15(20)17-7-8-21-10-13(17)11-5-4-6-12(9-11)14(18)19/h4-6,9-10H,7-8H2,1-3H3,(H,18,19). The zero-order valence-electron chi connectivity index (χ0n) is 12.8. The zero-order chi connectivity index (χ0) is 16.3. The average Bonchev–Trinajstić information content (AvgIpc) is 2.45. The molecular weight excluding hydrogens is 286 g/mol. The fourth-order valence-corrected chi connectivity index (χ4v) is 2.01. The first-order chi connectivity index (χ1) is 10.3. The monoisotopic (exact) mass is 305 g/mol. The summed E-state index contributed by atoms with van der Waals surface area (Å²) in [5, 5.41) is 9.08. The van der Waals surface area contributed by atoms with Gasteiger partial charge in [0, 0.05) is 5.56 Å². The third kappa shape index (κ3) is 3.78. The number of amides is 1. The van der Waals surface area contributed by atoms with E-state index in [9.17, 15) is 9.59 Å². The lowest BCUT2D eigenvalue weighted by Gasteiger charge is -2.31. The number of carbonyl (C=O) groups excluding carboxylic acids is 1. The molecule has 0 radical (unpaired) electrons. The van der Waals surface area contributed by atoms with Gasteiger partial charge in [0.25, 0.3) is 0 Å². The SMILES string of the molecule is CC(C)(C)OC(=O)N1CCOC=C1c1cccc(C(=O)O)c1. The Balaban J connectivity index is 2.31. The van der Waals surface area contributed by atoms with E-state index >= 15 is 0 Å². The first-order valence-corrected chi connectivity index (χ1v) is 6.94. The highest BCUT2D eigenvalue weighted by Gasteiger charge is 2.28. The smallest absolute Gasteiger partial charge is 0.415 e. The van der Waals surface area contributed by atoms with Crippen molar-refractivity contribution in [3.8, 4) is 0 Å². The van der Waals surface area contributed by atoms with Gasteiger partial charge >= 0.3 is 12.1 Å². The molecule has 0 unspecified atom stereocenters. The highest BCUT2D eigenvalue weighted by molar-refractivity contribution is 5.90. The second-order valence-corrected chi connectivity index (χ2v) is 5.89. The van der Waals surface area contributed by atoms with Crippen molar-refractivity contribution in [2.75, 3.05) is 13.2 Å². The number of carbonyl (C=O) groups is 2. The van der Waals surface area contributed by atoms with E-state index in [-0.39, 0.29) is 5.56 Å². The van der Waals surface area contributed by atoms with E-state index in [4.69, 9.17) is 14.6 Å². The first kappa shape index (κ1) is 15.9. The van der Waals surface area contributed by atoms with Crippen LogP contribution in [0.2, 0.25) is 0 Å². The molecule has 1 aliphatic rings. The maximum absolute atomic E-state index is 12.3. The maximum atomic E-state index is 12.3. The van der Waals surface area contributed by atoms with Crippen molar-refractivity contribution in [2.24, 2.45) is 0 Å². The van der Waals surface area contributed by atoms with Gasteiger partial charge in [0.15, 0.2) is 0 Å². The lowest BCUT2D eigenvalue weighted by Crippen LogP contribution is -2.39. The van der Waals surface area contributed by atoms with Gasteiger partial charge in [-0.1, -0.05) is 12.1 Å². The van der Waals surface area contributed by atoms with E-state index in [1.54, 1.807) is 32.9 Å². The molecule has 0 saturated heterocycles. The summed E-state index contributed by atoms with van der Waals surface area (Å²) in [5.41, 5.74) is 0.617. The summed E-state index contributed by atoms with van der Waals surface area (Å²) in [6.45, 7) is 6.08. The van der Waals surface area contributed by atoms with Gasteiger partial charge in [-0.2, -0.15) is 0 Å². The second kappa shape index (κ2) is 6.09. The normalized spacial score (nSPS) is 14.9. The molecule has 0 fully saturated rings. The predicted octanol–water partition coefficient (Wildman–Crippen LogP) is 2.95. The minimum absolute atomic E-state index is 0.146. The highest BCUT2D eigenvalue weighted by Crippen LogP contribution is 2.25. The van der Waals surface area contributed by atoms with Crippen LogP contribution in [0, 0.1) is 0 Å². The molecular formula is C16H19NO5. The van der Waals surface area contributed by atoms with Crippen molar-refractivity contribution in [1.29, 1.82) is 0 Å². The predicted molar refractivity (Wildman–Crippen MR) is 80.3 cm³/mol. The number of carboxylic acids is 1. The van der Waals surface area contributed by atoms with Crippen LogP contribution in [0.5, 0.6) is 0 Å². The fourth-order valence-electron chi connectivity index (χ4n) is 2.01. The molecule has 0 bridgehead atoms. The van der Waals surface area contributed by atoms with Crippen molar-refractivity contribution < 1.29 is 24.2 Å². The Bertz CT molecular complexity index is 615. The third-order valence-corrected chi connectivity index (χ3v) is 2.94. The largest absolute Gasteiger partial charge is 0.497 e. The van der Waals surface area contributed by atoms with Crippen LogP contribution in [-0.4, -0.2) is 40.8 Å².